The zero-order valence-electron chi connectivity index (χ0n) is 13.2. The van der Waals surface area contributed by atoms with Crippen molar-refractivity contribution in [3.63, 3.8) is 0 Å². The number of hydrogen-bond acceptors (Lipinski definition) is 2. The van der Waals surface area contributed by atoms with E-state index < -0.39 is 5.60 Å². The van der Waals surface area contributed by atoms with E-state index in [-0.39, 0.29) is 17.6 Å². The Hall–Kier alpha value is -0.730. The number of aromatic hydroxyl groups is 1. The van der Waals surface area contributed by atoms with Crippen LogP contribution in [0.1, 0.15) is 69.8 Å². The first-order valence-corrected chi connectivity index (χ1v) is 9.21. The maximum absolute atomic E-state index is 11.8. The molecule has 122 valence electrons. The van der Waals surface area contributed by atoms with Gasteiger partial charge in [-0.25, -0.2) is 0 Å². The molecule has 0 unspecified atom stereocenters. The van der Waals surface area contributed by atoms with E-state index in [1.165, 1.54) is 38.5 Å². The van der Waals surface area contributed by atoms with Gasteiger partial charge in [-0.05, 0) is 55.7 Å². The third kappa shape index (κ3) is 3.00. The molecular weight excluding hydrogens is 296 g/mol. The third-order valence-corrected chi connectivity index (χ3v) is 6.08. The van der Waals surface area contributed by atoms with Crippen molar-refractivity contribution in [3.05, 3.63) is 28.8 Å². The molecule has 2 aliphatic carbocycles. The van der Waals surface area contributed by atoms with Crippen molar-refractivity contribution in [1.82, 2.24) is 0 Å². The van der Waals surface area contributed by atoms with E-state index in [0.717, 1.165) is 25.7 Å². The molecule has 0 heterocycles. The average molecular weight is 323 g/mol. The van der Waals surface area contributed by atoms with Gasteiger partial charge in [0.05, 0.1) is 5.60 Å². The molecule has 0 bridgehead atoms. The molecule has 2 saturated carbocycles. The zero-order valence-corrected chi connectivity index (χ0v) is 14.0. The first-order valence-electron chi connectivity index (χ1n) is 8.83. The Morgan fingerprint density at radius 1 is 0.864 bits per heavy atom. The molecule has 0 radical (unpaired) electrons. The van der Waals surface area contributed by atoms with Crippen LogP contribution in [0, 0.1) is 11.8 Å². The fourth-order valence-electron chi connectivity index (χ4n) is 4.69. The van der Waals surface area contributed by atoms with Crippen LogP contribution in [0.3, 0.4) is 0 Å². The first kappa shape index (κ1) is 16.1. The summed E-state index contributed by atoms with van der Waals surface area (Å²) in [5.41, 5.74) is -0.255. The summed E-state index contributed by atoms with van der Waals surface area (Å²) >= 11 is 6.18. The molecule has 0 atom stereocenters. The molecule has 0 amide bonds. The van der Waals surface area contributed by atoms with Crippen molar-refractivity contribution in [3.8, 4) is 5.75 Å². The van der Waals surface area contributed by atoms with E-state index in [1.54, 1.807) is 18.2 Å². The third-order valence-electron chi connectivity index (χ3n) is 5.85. The molecule has 2 aliphatic rings. The highest BCUT2D eigenvalue weighted by molar-refractivity contribution is 6.30. The van der Waals surface area contributed by atoms with Gasteiger partial charge in [-0.3, -0.25) is 0 Å². The van der Waals surface area contributed by atoms with Gasteiger partial charge in [-0.2, -0.15) is 0 Å². The van der Waals surface area contributed by atoms with E-state index in [4.69, 9.17) is 11.6 Å². The summed E-state index contributed by atoms with van der Waals surface area (Å²) in [6, 6.07) is 5.12. The fourth-order valence-corrected chi connectivity index (χ4v) is 4.86. The molecule has 2 N–H and O–H groups in total. The Bertz CT molecular complexity index is 484. The van der Waals surface area contributed by atoms with Gasteiger partial charge in [0.1, 0.15) is 5.75 Å². The average Bonchev–Trinajstić information content (AvgIpc) is 2.58. The number of halogens is 1. The number of aliphatic hydroxyl groups is 1. The second-order valence-corrected chi connectivity index (χ2v) is 7.59. The zero-order chi connectivity index (χ0) is 15.6. The Morgan fingerprint density at radius 2 is 1.36 bits per heavy atom. The molecule has 0 aliphatic heterocycles. The van der Waals surface area contributed by atoms with Crippen molar-refractivity contribution in [2.24, 2.45) is 11.8 Å². The second kappa shape index (κ2) is 6.80. The molecule has 3 rings (SSSR count). The SMILES string of the molecule is Oc1ccc(Cl)cc1C(O)(C1CCCCC1)C1CCCCC1. The lowest BCUT2D eigenvalue weighted by Gasteiger charge is -2.46. The van der Waals surface area contributed by atoms with Crippen LogP contribution in [0.5, 0.6) is 5.75 Å². The molecule has 2 nitrogen and oxygen atoms in total. The number of phenolic OH excluding ortho intramolecular Hbond substituents is 1. The Kier molecular flexibility index (Phi) is 4.99. The van der Waals surface area contributed by atoms with Crippen LogP contribution in [-0.2, 0) is 5.60 Å². The lowest BCUT2D eigenvalue weighted by Crippen LogP contribution is -2.44. The second-order valence-electron chi connectivity index (χ2n) is 7.16. The summed E-state index contributed by atoms with van der Waals surface area (Å²) in [4.78, 5) is 0. The van der Waals surface area contributed by atoms with Gasteiger partial charge in [-0.15, -0.1) is 0 Å². The summed E-state index contributed by atoms with van der Waals surface area (Å²) in [5.74, 6) is 0.686. The Morgan fingerprint density at radius 3 is 1.86 bits per heavy atom. The van der Waals surface area contributed by atoms with Crippen LogP contribution in [0.25, 0.3) is 0 Å². The molecular formula is C19H27ClO2. The number of phenols is 1. The summed E-state index contributed by atoms with van der Waals surface area (Å²) in [7, 11) is 0. The van der Waals surface area contributed by atoms with E-state index in [9.17, 15) is 10.2 Å². The lowest BCUT2D eigenvalue weighted by molar-refractivity contribution is -0.100. The van der Waals surface area contributed by atoms with Crippen molar-refractivity contribution in [1.29, 1.82) is 0 Å². The predicted octanol–water partition coefficient (Wildman–Crippen LogP) is 5.39. The van der Waals surface area contributed by atoms with E-state index in [0.29, 0.717) is 10.6 Å². The molecule has 0 aromatic heterocycles. The van der Waals surface area contributed by atoms with Crippen molar-refractivity contribution < 1.29 is 10.2 Å². The maximum atomic E-state index is 11.8. The van der Waals surface area contributed by atoms with Crippen molar-refractivity contribution in [2.45, 2.75) is 69.8 Å². The largest absolute Gasteiger partial charge is 0.508 e. The van der Waals surface area contributed by atoms with Crippen LogP contribution in [-0.4, -0.2) is 10.2 Å². The quantitative estimate of drug-likeness (QED) is 0.782. The van der Waals surface area contributed by atoms with Crippen LogP contribution in [0.15, 0.2) is 18.2 Å². The molecule has 3 heteroatoms. The van der Waals surface area contributed by atoms with Crippen LogP contribution in [0.2, 0.25) is 5.02 Å². The lowest BCUT2D eigenvalue weighted by atomic mass is 9.63. The van der Waals surface area contributed by atoms with Crippen LogP contribution in [0.4, 0.5) is 0 Å². The normalized spacial score (nSPS) is 21.9. The van der Waals surface area contributed by atoms with Gasteiger partial charge in [0.15, 0.2) is 0 Å². The van der Waals surface area contributed by atoms with Gasteiger partial charge in [0.2, 0.25) is 0 Å². The van der Waals surface area contributed by atoms with Gasteiger partial charge < -0.3 is 10.2 Å². The number of rotatable bonds is 3. The molecule has 0 spiro atoms. The standard InChI is InChI=1S/C19H27ClO2/c20-16-11-12-18(21)17(13-16)19(22,14-7-3-1-4-8-14)15-9-5-2-6-10-15/h11-15,21-22H,1-10H2. The minimum atomic E-state index is -0.921. The Balaban J connectivity index is 2.02. The highest BCUT2D eigenvalue weighted by Crippen LogP contribution is 2.51. The number of hydrogen-bond donors (Lipinski definition) is 2. The van der Waals surface area contributed by atoms with Crippen molar-refractivity contribution >= 4 is 11.6 Å². The van der Waals surface area contributed by atoms with E-state index in [2.05, 4.69) is 0 Å². The summed E-state index contributed by atoms with van der Waals surface area (Å²) in [6.07, 6.45) is 11.5. The highest BCUT2D eigenvalue weighted by Gasteiger charge is 2.46. The number of benzene rings is 1. The predicted molar refractivity (Wildman–Crippen MR) is 90.2 cm³/mol. The van der Waals surface area contributed by atoms with E-state index >= 15 is 0 Å². The summed E-state index contributed by atoms with van der Waals surface area (Å²) < 4.78 is 0. The van der Waals surface area contributed by atoms with Crippen LogP contribution >= 0.6 is 11.6 Å². The first-order chi connectivity index (χ1) is 10.6. The monoisotopic (exact) mass is 322 g/mol. The minimum absolute atomic E-state index is 0.197. The summed E-state index contributed by atoms with van der Waals surface area (Å²) in [5, 5.41) is 22.8. The van der Waals surface area contributed by atoms with Gasteiger partial charge in [-0.1, -0.05) is 50.1 Å². The van der Waals surface area contributed by atoms with Gasteiger partial charge in [0, 0.05) is 10.6 Å². The summed E-state index contributed by atoms with van der Waals surface area (Å²) in [6.45, 7) is 0. The molecule has 1 aromatic carbocycles. The maximum Gasteiger partial charge on any atom is 0.121 e. The minimum Gasteiger partial charge on any atom is -0.508 e. The topological polar surface area (TPSA) is 40.5 Å². The molecule has 2 fully saturated rings. The highest BCUT2D eigenvalue weighted by atomic mass is 35.5. The smallest absolute Gasteiger partial charge is 0.121 e. The van der Waals surface area contributed by atoms with Crippen LogP contribution < -0.4 is 0 Å². The molecule has 22 heavy (non-hydrogen) atoms. The Labute approximate surface area is 138 Å². The van der Waals surface area contributed by atoms with E-state index in [1.807, 2.05) is 0 Å². The molecule has 0 saturated heterocycles. The van der Waals surface area contributed by atoms with Gasteiger partial charge >= 0.3 is 0 Å². The molecule has 1 aromatic rings. The fraction of sp³-hybridized carbons (Fsp3) is 0.684. The van der Waals surface area contributed by atoms with Gasteiger partial charge in [0.25, 0.3) is 0 Å². The van der Waals surface area contributed by atoms with Crippen molar-refractivity contribution in [2.75, 3.05) is 0 Å².